The Morgan fingerprint density at radius 3 is 3.00 bits per heavy atom. The number of aryl methyl sites for hydroxylation is 1. The first kappa shape index (κ1) is 15.6. The highest BCUT2D eigenvalue weighted by molar-refractivity contribution is 7.10. The van der Waals surface area contributed by atoms with Crippen molar-refractivity contribution in [1.82, 2.24) is 14.3 Å². The summed E-state index contributed by atoms with van der Waals surface area (Å²) >= 11 is 1.29. The Morgan fingerprint density at radius 1 is 1.52 bits per heavy atom. The molecule has 0 spiro atoms. The summed E-state index contributed by atoms with van der Waals surface area (Å²) in [4.78, 5) is 22.4. The predicted molar refractivity (Wildman–Crippen MR) is 90.1 cm³/mol. The van der Waals surface area contributed by atoms with Crippen LogP contribution in [0.2, 0.25) is 0 Å². The molecule has 0 saturated carbocycles. The summed E-state index contributed by atoms with van der Waals surface area (Å²) in [6.45, 7) is 3.50. The van der Waals surface area contributed by atoms with Gasteiger partial charge in [0.25, 0.3) is 5.91 Å². The molecular formula is C14H19N7OS. The van der Waals surface area contributed by atoms with Crippen LogP contribution in [-0.2, 0) is 0 Å². The Kier molecular flexibility index (Phi) is 4.39. The summed E-state index contributed by atoms with van der Waals surface area (Å²) in [6, 6.07) is 2.00. The molecule has 0 radical (unpaired) electrons. The maximum Gasteiger partial charge on any atom is 0.271 e. The van der Waals surface area contributed by atoms with Gasteiger partial charge in [-0.15, -0.1) is 0 Å². The summed E-state index contributed by atoms with van der Waals surface area (Å²) in [5, 5.41) is 3.87. The minimum Gasteiger partial charge on any atom is -0.364 e. The molecule has 1 aliphatic heterocycles. The molecule has 5 N–H and O–H groups in total. The molecule has 1 fully saturated rings. The fraction of sp³-hybridized carbons (Fsp3) is 0.429. The maximum absolute atomic E-state index is 11.6. The zero-order valence-electron chi connectivity index (χ0n) is 12.8. The molecular weight excluding hydrogens is 314 g/mol. The first-order valence-electron chi connectivity index (χ1n) is 7.40. The lowest BCUT2D eigenvalue weighted by Crippen LogP contribution is -2.43. The topological polar surface area (TPSA) is 123 Å². The fourth-order valence-corrected chi connectivity index (χ4v) is 3.22. The smallest absolute Gasteiger partial charge is 0.271 e. The molecule has 1 atom stereocenters. The number of carbonyl (C=O) groups is 1. The highest BCUT2D eigenvalue weighted by Crippen LogP contribution is 2.25. The number of hydrogen-bond donors (Lipinski definition) is 3. The molecule has 0 aromatic carbocycles. The molecule has 0 unspecified atom stereocenters. The van der Waals surface area contributed by atoms with Gasteiger partial charge in [0.2, 0.25) is 0 Å². The first-order chi connectivity index (χ1) is 11.0. The van der Waals surface area contributed by atoms with Crippen LogP contribution in [0, 0.1) is 6.92 Å². The minimum absolute atomic E-state index is 0.112. The lowest BCUT2D eigenvalue weighted by molar-refractivity contribution is 0.0996. The monoisotopic (exact) mass is 333 g/mol. The van der Waals surface area contributed by atoms with E-state index in [1.807, 2.05) is 13.0 Å². The number of anilines is 3. The summed E-state index contributed by atoms with van der Waals surface area (Å²) < 4.78 is 4.20. The molecule has 1 amide bonds. The van der Waals surface area contributed by atoms with Crippen LogP contribution in [0.25, 0.3) is 0 Å². The second kappa shape index (κ2) is 6.47. The van der Waals surface area contributed by atoms with Crippen LogP contribution in [0.4, 0.5) is 16.6 Å². The molecule has 2 aromatic heterocycles. The number of aromatic nitrogens is 3. The van der Waals surface area contributed by atoms with Crippen LogP contribution < -0.4 is 21.7 Å². The van der Waals surface area contributed by atoms with Gasteiger partial charge < -0.3 is 21.7 Å². The number of nitrogens with one attached hydrogen (secondary N) is 1. The summed E-state index contributed by atoms with van der Waals surface area (Å²) in [5.41, 5.74) is 12.4. The minimum atomic E-state index is -0.622. The van der Waals surface area contributed by atoms with E-state index in [1.165, 1.54) is 11.5 Å². The molecule has 3 rings (SSSR count). The van der Waals surface area contributed by atoms with Crippen molar-refractivity contribution < 1.29 is 4.79 Å². The highest BCUT2D eigenvalue weighted by atomic mass is 32.1. The van der Waals surface area contributed by atoms with Crippen molar-refractivity contribution >= 4 is 34.1 Å². The Balaban J connectivity index is 1.91. The van der Waals surface area contributed by atoms with Crippen molar-refractivity contribution in [2.75, 3.05) is 23.3 Å². The van der Waals surface area contributed by atoms with Crippen molar-refractivity contribution in [3.63, 3.8) is 0 Å². The Bertz CT molecular complexity index is 717. The molecule has 1 aliphatic rings. The van der Waals surface area contributed by atoms with E-state index < -0.39 is 5.91 Å². The van der Waals surface area contributed by atoms with E-state index in [4.69, 9.17) is 11.5 Å². The van der Waals surface area contributed by atoms with Gasteiger partial charge in [-0.05, 0) is 37.4 Å². The third-order valence-corrected chi connectivity index (χ3v) is 4.44. The quantitative estimate of drug-likeness (QED) is 0.763. The van der Waals surface area contributed by atoms with Crippen molar-refractivity contribution in [3.05, 3.63) is 23.7 Å². The van der Waals surface area contributed by atoms with Crippen LogP contribution in [-0.4, -0.2) is 39.4 Å². The van der Waals surface area contributed by atoms with Crippen molar-refractivity contribution in [2.24, 2.45) is 11.5 Å². The van der Waals surface area contributed by atoms with Crippen molar-refractivity contribution in [3.8, 4) is 0 Å². The van der Waals surface area contributed by atoms with E-state index in [0.717, 1.165) is 36.6 Å². The number of carbonyl (C=O) groups excluding carboxylic acids is 1. The molecule has 23 heavy (non-hydrogen) atoms. The standard InChI is InChI=1S/C14H19N7OS/c1-8-5-11(23-20-8)19-14-12(13(16)22)17-6-10(18-14)21-4-2-3-9(15)7-21/h5-6,9H,2-4,7,15H2,1H3,(H2,16,22)(H,18,19)/t9-/m0/s1. The molecule has 0 aliphatic carbocycles. The first-order valence-corrected chi connectivity index (χ1v) is 8.18. The number of nitrogens with two attached hydrogens (primary N) is 2. The van der Waals surface area contributed by atoms with Crippen molar-refractivity contribution in [2.45, 2.75) is 25.8 Å². The Morgan fingerprint density at radius 2 is 2.35 bits per heavy atom. The van der Waals surface area contributed by atoms with Gasteiger partial charge in [0, 0.05) is 19.1 Å². The summed E-state index contributed by atoms with van der Waals surface area (Å²) in [6.07, 6.45) is 3.59. The van der Waals surface area contributed by atoms with Crippen LogP contribution in [0.5, 0.6) is 0 Å². The fourth-order valence-electron chi connectivity index (χ4n) is 2.56. The number of nitrogens with zero attached hydrogens (tertiary/aromatic N) is 4. The number of amides is 1. The van der Waals surface area contributed by atoms with Crippen LogP contribution in [0.1, 0.15) is 29.0 Å². The predicted octanol–water partition coefficient (Wildman–Crippen LogP) is 1.01. The van der Waals surface area contributed by atoms with Gasteiger partial charge in [0.1, 0.15) is 10.8 Å². The maximum atomic E-state index is 11.6. The van der Waals surface area contributed by atoms with Crippen LogP contribution >= 0.6 is 11.5 Å². The van der Waals surface area contributed by atoms with E-state index in [-0.39, 0.29) is 11.7 Å². The van der Waals surface area contributed by atoms with Gasteiger partial charge in [0.15, 0.2) is 11.5 Å². The number of rotatable bonds is 4. The average molecular weight is 333 g/mol. The van der Waals surface area contributed by atoms with Crippen molar-refractivity contribution in [1.29, 1.82) is 0 Å². The summed E-state index contributed by atoms with van der Waals surface area (Å²) in [7, 11) is 0. The Hall–Kier alpha value is -2.26. The van der Waals surface area contributed by atoms with E-state index in [1.54, 1.807) is 6.20 Å². The van der Waals surface area contributed by atoms with Crippen LogP contribution in [0.3, 0.4) is 0 Å². The van der Waals surface area contributed by atoms with Gasteiger partial charge in [-0.2, -0.15) is 4.37 Å². The van der Waals surface area contributed by atoms with E-state index in [9.17, 15) is 4.79 Å². The molecule has 8 nitrogen and oxygen atoms in total. The lowest BCUT2D eigenvalue weighted by Gasteiger charge is -2.31. The zero-order valence-corrected chi connectivity index (χ0v) is 13.6. The van der Waals surface area contributed by atoms with Gasteiger partial charge in [-0.1, -0.05) is 0 Å². The average Bonchev–Trinajstić information content (AvgIpc) is 2.92. The summed E-state index contributed by atoms with van der Waals surface area (Å²) in [5.74, 6) is 0.412. The molecule has 2 aromatic rings. The molecule has 9 heteroatoms. The molecule has 122 valence electrons. The number of piperidine rings is 1. The normalized spacial score (nSPS) is 18.0. The van der Waals surface area contributed by atoms with E-state index in [2.05, 4.69) is 24.6 Å². The van der Waals surface area contributed by atoms with Gasteiger partial charge in [-0.3, -0.25) is 4.79 Å². The van der Waals surface area contributed by atoms with Gasteiger partial charge >= 0.3 is 0 Å². The number of hydrogen-bond acceptors (Lipinski definition) is 8. The second-order valence-electron chi connectivity index (χ2n) is 5.60. The highest BCUT2D eigenvalue weighted by Gasteiger charge is 2.21. The third kappa shape index (κ3) is 3.57. The lowest BCUT2D eigenvalue weighted by atomic mass is 10.1. The second-order valence-corrected chi connectivity index (χ2v) is 6.40. The molecule has 0 bridgehead atoms. The Labute approximate surface area is 138 Å². The number of primary amides is 1. The SMILES string of the molecule is Cc1cc(Nc2nc(N3CCC[C@H](N)C3)cnc2C(N)=O)sn1. The third-order valence-electron chi connectivity index (χ3n) is 3.64. The van der Waals surface area contributed by atoms with E-state index in [0.29, 0.717) is 11.6 Å². The zero-order chi connectivity index (χ0) is 16.4. The largest absolute Gasteiger partial charge is 0.364 e. The van der Waals surface area contributed by atoms with Gasteiger partial charge in [0.05, 0.1) is 11.9 Å². The van der Waals surface area contributed by atoms with Crippen LogP contribution in [0.15, 0.2) is 12.3 Å². The molecule has 3 heterocycles. The van der Waals surface area contributed by atoms with E-state index >= 15 is 0 Å². The van der Waals surface area contributed by atoms with Gasteiger partial charge in [-0.25, -0.2) is 9.97 Å². The molecule has 1 saturated heterocycles.